The van der Waals surface area contributed by atoms with Crippen molar-refractivity contribution in [1.82, 2.24) is 20.1 Å². The Labute approximate surface area is 147 Å². The van der Waals surface area contributed by atoms with Gasteiger partial charge in [-0.3, -0.25) is 9.89 Å². The Balaban J connectivity index is 1.70. The van der Waals surface area contributed by atoms with Crippen molar-refractivity contribution in [3.63, 3.8) is 0 Å². The van der Waals surface area contributed by atoms with Crippen molar-refractivity contribution < 1.29 is 14.3 Å². The molecule has 134 valence electrons. The van der Waals surface area contributed by atoms with Crippen molar-refractivity contribution in [3.8, 4) is 0 Å². The molecule has 1 aliphatic rings. The largest absolute Gasteiger partial charge is 0.367 e. The fraction of sp³-hybridized carbons (Fsp3) is 0.500. The highest BCUT2D eigenvalue weighted by molar-refractivity contribution is 5.82. The summed E-state index contributed by atoms with van der Waals surface area (Å²) in [5, 5.41) is 7.18. The summed E-state index contributed by atoms with van der Waals surface area (Å²) in [5.41, 5.74) is 0.848. The third-order valence-corrected chi connectivity index (χ3v) is 4.26. The predicted molar refractivity (Wildman–Crippen MR) is 91.8 cm³/mol. The van der Waals surface area contributed by atoms with E-state index < -0.39 is 6.10 Å². The lowest BCUT2D eigenvalue weighted by atomic mass is 10.1. The number of rotatable bonds is 6. The molecule has 1 aromatic carbocycles. The summed E-state index contributed by atoms with van der Waals surface area (Å²) < 4.78 is 11.2. The Morgan fingerprint density at radius 1 is 1.44 bits per heavy atom. The van der Waals surface area contributed by atoms with E-state index in [0.29, 0.717) is 25.5 Å². The van der Waals surface area contributed by atoms with E-state index in [0.717, 1.165) is 24.2 Å². The minimum atomic E-state index is -0.609. The first-order valence-corrected chi connectivity index (χ1v) is 8.62. The Hall–Kier alpha value is -2.25. The molecule has 7 nitrogen and oxygen atoms in total. The van der Waals surface area contributed by atoms with E-state index in [2.05, 4.69) is 22.1 Å². The highest BCUT2D eigenvalue weighted by atomic mass is 16.5. The van der Waals surface area contributed by atoms with Crippen LogP contribution in [-0.4, -0.2) is 52.8 Å². The number of carbonyl (C=O) groups is 1. The number of ether oxygens (including phenoxy) is 2. The normalized spacial score (nSPS) is 19.0. The van der Waals surface area contributed by atoms with Gasteiger partial charge in [-0.1, -0.05) is 37.3 Å². The maximum absolute atomic E-state index is 12.9. The molecule has 1 aromatic heterocycles. The molecule has 2 atom stereocenters. The first-order chi connectivity index (χ1) is 12.2. The number of aryl methyl sites for hydroxylation is 1. The van der Waals surface area contributed by atoms with Gasteiger partial charge in [-0.25, -0.2) is 4.98 Å². The number of nitrogens with one attached hydrogen (secondary N) is 1. The van der Waals surface area contributed by atoms with Crippen molar-refractivity contribution in [2.24, 2.45) is 0 Å². The summed E-state index contributed by atoms with van der Waals surface area (Å²) in [6.07, 6.45) is 0.926. The van der Waals surface area contributed by atoms with Crippen LogP contribution in [0.15, 0.2) is 30.3 Å². The topological polar surface area (TPSA) is 80.3 Å². The Kier molecular flexibility index (Phi) is 5.78. The lowest BCUT2D eigenvalue weighted by molar-refractivity contribution is -0.150. The van der Waals surface area contributed by atoms with Gasteiger partial charge in [0.05, 0.1) is 13.2 Å². The van der Waals surface area contributed by atoms with Crippen molar-refractivity contribution in [2.75, 3.05) is 26.8 Å². The average molecular weight is 344 g/mol. The molecule has 7 heteroatoms. The van der Waals surface area contributed by atoms with Gasteiger partial charge >= 0.3 is 0 Å². The Morgan fingerprint density at radius 3 is 2.96 bits per heavy atom. The van der Waals surface area contributed by atoms with Crippen LogP contribution in [0.1, 0.15) is 42.8 Å². The fourth-order valence-corrected chi connectivity index (χ4v) is 2.98. The number of amides is 1. The van der Waals surface area contributed by atoms with Crippen molar-refractivity contribution in [1.29, 1.82) is 0 Å². The molecular weight excluding hydrogens is 320 g/mol. The summed E-state index contributed by atoms with van der Waals surface area (Å²) in [6, 6.07) is 9.52. The zero-order chi connectivity index (χ0) is 17.6. The molecular formula is C18H24N4O3. The van der Waals surface area contributed by atoms with Gasteiger partial charge in [0, 0.05) is 20.1 Å². The fourth-order valence-electron chi connectivity index (χ4n) is 2.98. The van der Waals surface area contributed by atoms with Crippen LogP contribution in [0.2, 0.25) is 0 Å². The van der Waals surface area contributed by atoms with E-state index in [9.17, 15) is 4.79 Å². The van der Waals surface area contributed by atoms with Crippen LogP contribution in [0.25, 0.3) is 0 Å². The highest BCUT2D eigenvalue weighted by Gasteiger charge is 2.32. The Bertz CT molecular complexity index is 689. The molecule has 2 heterocycles. The van der Waals surface area contributed by atoms with Gasteiger partial charge < -0.3 is 14.4 Å². The molecule has 3 rings (SSSR count). The van der Waals surface area contributed by atoms with Crippen LogP contribution in [0.3, 0.4) is 0 Å². The first-order valence-electron chi connectivity index (χ1n) is 8.62. The van der Waals surface area contributed by atoms with Gasteiger partial charge in [0.15, 0.2) is 11.9 Å². The summed E-state index contributed by atoms with van der Waals surface area (Å²) in [6.45, 7) is 3.51. The molecule has 0 bridgehead atoms. The number of aromatic nitrogens is 3. The minimum absolute atomic E-state index is 0.0636. The third-order valence-electron chi connectivity index (χ3n) is 4.26. The molecule has 1 amide bonds. The lowest BCUT2D eigenvalue weighted by Gasteiger charge is -2.33. The molecule has 1 fully saturated rings. The first kappa shape index (κ1) is 17.6. The quantitative estimate of drug-likeness (QED) is 0.867. The van der Waals surface area contributed by atoms with Gasteiger partial charge in [-0.15, -0.1) is 0 Å². The highest BCUT2D eigenvalue weighted by Crippen LogP contribution is 2.24. The van der Waals surface area contributed by atoms with Crippen LogP contribution in [-0.2, 0) is 20.7 Å². The van der Waals surface area contributed by atoms with E-state index in [4.69, 9.17) is 9.47 Å². The number of morpholine rings is 1. The number of benzene rings is 1. The van der Waals surface area contributed by atoms with Crippen molar-refractivity contribution in [3.05, 3.63) is 47.5 Å². The monoisotopic (exact) mass is 344 g/mol. The van der Waals surface area contributed by atoms with Gasteiger partial charge in [0.2, 0.25) is 0 Å². The van der Waals surface area contributed by atoms with Gasteiger partial charge in [-0.2, -0.15) is 5.10 Å². The SMILES string of the molecule is CCCc1nc([C@@H]2CN(C(=O)[C@@H](OC)c3ccccc3)CCO2)n[nH]1. The number of H-pyrrole nitrogens is 1. The second-order valence-electron chi connectivity index (χ2n) is 6.06. The molecule has 25 heavy (non-hydrogen) atoms. The average Bonchev–Trinajstić information content (AvgIpc) is 3.12. The molecule has 0 unspecified atom stereocenters. The molecule has 1 N–H and O–H groups in total. The van der Waals surface area contributed by atoms with Gasteiger partial charge in [-0.05, 0) is 12.0 Å². The number of nitrogens with zero attached hydrogens (tertiary/aromatic N) is 3. The second-order valence-corrected chi connectivity index (χ2v) is 6.06. The van der Waals surface area contributed by atoms with Crippen molar-refractivity contribution in [2.45, 2.75) is 32.0 Å². The molecule has 0 spiro atoms. The zero-order valence-electron chi connectivity index (χ0n) is 14.6. The van der Waals surface area contributed by atoms with E-state index in [1.54, 1.807) is 12.0 Å². The smallest absolute Gasteiger partial charge is 0.256 e. The van der Waals surface area contributed by atoms with E-state index in [1.165, 1.54) is 0 Å². The number of carbonyl (C=O) groups excluding carboxylic acids is 1. The summed E-state index contributed by atoms with van der Waals surface area (Å²) in [7, 11) is 1.56. The maximum Gasteiger partial charge on any atom is 0.256 e. The summed E-state index contributed by atoms with van der Waals surface area (Å²) >= 11 is 0. The van der Waals surface area contributed by atoms with Crippen LogP contribution in [0.4, 0.5) is 0 Å². The van der Waals surface area contributed by atoms with Crippen LogP contribution < -0.4 is 0 Å². The zero-order valence-corrected chi connectivity index (χ0v) is 14.6. The van der Waals surface area contributed by atoms with Crippen LogP contribution in [0.5, 0.6) is 0 Å². The van der Waals surface area contributed by atoms with Gasteiger partial charge in [0.1, 0.15) is 11.9 Å². The minimum Gasteiger partial charge on any atom is -0.367 e. The van der Waals surface area contributed by atoms with Gasteiger partial charge in [0.25, 0.3) is 5.91 Å². The van der Waals surface area contributed by atoms with Crippen LogP contribution >= 0.6 is 0 Å². The van der Waals surface area contributed by atoms with Crippen LogP contribution in [0, 0.1) is 0 Å². The number of aromatic amines is 1. The maximum atomic E-state index is 12.9. The standard InChI is InChI=1S/C18H24N4O3/c1-3-7-15-19-17(21-20-15)14-12-22(10-11-25-14)18(23)16(24-2)13-8-5-4-6-9-13/h4-6,8-9,14,16H,3,7,10-12H2,1-2H3,(H,19,20,21)/t14-,16-/m0/s1. The molecule has 2 aromatic rings. The van der Waals surface area contributed by atoms with E-state index >= 15 is 0 Å². The second kappa shape index (κ2) is 8.22. The third kappa shape index (κ3) is 4.05. The molecule has 0 aliphatic carbocycles. The Morgan fingerprint density at radius 2 is 2.24 bits per heavy atom. The molecule has 1 saturated heterocycles. The summed E-state index contributed by atoms with van der Waals surface area (Å²) in [4.78, 5) is 19.2. The lowest BCUT2D eigenvalue weighted by Crippen LogP contribution is -2.45. The number of hydrogen-bond acceptors (Lipinski definition) is 5. The summed E-state index contributed by atoms with van der Waals surface area (Å²) in [5.74, 6) is 1.39. The molecule has 0 radical (unpaired) electrons. The number of hydrogen-bond donors (Lipinski definition) is 1. The predicted octanol–water partition coefficient (Wildman–Crippen LogP) is 2.04. The van der Waals surface area contributed by atoms with E-state index in [-0.39, 0.29) is 12.0 Å². The number of methoxy groups -OCH3 is 1. The molecule has 0 saturated carbocycles. The van der Waals surface area contributed by atoms with E-state index in [1.807, 2.05) is 30.3 Å². The molecule has 1 aliphatic heterocycles. The van der Waals surface area contributed by atoms with Crippen molar-refractivity contribution >= 4 is 5.91 Å².